The van der Waals surface area contributed by atoms with Gasteiger partial charge in [0.25, 0.3) is 0 Å². The van der Waals surface area contributed by atoms with Crippen molar-refractivity contribution in [2.24, 2.45) is 4.99 Å². The number of likely N-dealkylation sites (tertiary alicyclic amines) is 1. The molecule has 3 rings (SSSR count). The molecule has 2 N–H and O–H groups in total. The van der Waals surface area contributed by atoms with E-state index in [-0.39, 0.29) is 6.10 Å². The quantitative estimate of drug-likeness (QED) is 0.549. The molecule has 2 aliphatic heterocycles. The Labute approximate surface area is 157 Å². The van der Waals surface area contributed by atoms with Crippen molar-refractivity contribution in [2.45, 2.75) is 51.0 Å². The fourth-order valence-electron chi connectivity index (χ4n) is 3.59. The first-order chi connectivity index (χ1) is 12.9. The van der Waals surface area contributed by atoms with Crippen LogP contribution in [0.4, 0.5) is 0 Å². The summed E-state index contributed by atoms with van der Waals surface area (Å²) in [5, 5.41) is 6.94. The minimum atomic E-state index is 0.273. The van der Waals surface area contributed by atoms with E-state index in [4.69, 9.17) is 14.1 Å². The molecule has 0 aromatic carbocycles. The second kappa shape index (κ2) is 11.2. The zero-order valence-electron chi connectivity index (χ0n) is 15.9. The standard InChI is InChI=1S/C20H34N4O2/c1-3-12-24(13-4-1)14-11-22-20(21-10-9-18-8-6-16-25-18)23-17-19-7-2-5-15-26-19/h6,8,16,19H,1-5,7,9-15,17H2,(H2,21,22,23). The third-order valence-electron chi connectivity index (χ3n) is 5.14. The molecule has 0 bridgehead atoms. The van der Waals surface area contributed by atoms with Crippen molar-refractivity contribution in [2.75, 3.05) is 45.9 Å². The van der Waals surface area contributed by atoms with Crippen LogP contribution in [0.5, 0.6) is 0 Å². The molecule has 6 heteroatoms. The summed E-state index contributed by atoms with van der Waals surface area (Å²) in [5.74, 6) is 1.89. The second-order valence-corrected chi connectivity index (χ2v) is 7.26. The first-order valence-corrected chi connectivity index (χ1v) is 10.3. The lowest BCUT2D eigenvalue weighted by molar-refractivity contribution is 0.0224. The van der Waals surface area contributed by atoms with E-state index < -0.39 is 0 Å². The maximum absolute atomic E-state index is 5.81. The van der Waals surface area contributed by atoms with Crippen LogP contribution in [0.2, 0.25) is 0 Å². The van der Waals surface area contributed by atoms with E-state index in [1.165, 1.54) is 45.2 Å². The fourth-order valence-corrected chi connectivity index (χ4v) is 3.59. The molecule has 3 heterocycles. The number of nitrogens with one attached hydrogen (secondary N) is 2. The number of ether oxygens (including phenoxy) is 1. The van der Waals surface area contributed by atoms with Crippen molar-refractivity contribution in [1.29, 1.82) is 0 Å². The molecule has 0 spiro atoms. The number of nitrogens with zero attached hydrogens (tertiary/aromatic N) is 2. The van der Waals surface area contributed by atoms with Crippen molar-refractivity contribution >= 4 is 5.96 Å². The summed E-state index contributed by atoms with van der Waals surface area (Å²) < 4.78 is 11.2. The number of hydrogen-bond donors (Lipinski definition) is 2. The third-order valence-corrected chi connectivity index (χ3v) is 5.14. The predicted octanol–water partition coefficient (Wildman–Crippen LogP) is 2.41. The summed E-state index contributed by atoms with van der Waals surface area (Å²) >= 11 is 0. The smallest absolute Gasteiger partial charge is 0.191 e. The van der Waals surface area contributed by atoms with Crippen molar-refractivity contribution in [1.82, 2.24) is 15.5 Å². The van der Waals surface area contributed by atoms with Crippen LogP contribution < -0.4 is 10.6 Å². The Kier molecular flexibility index (Phi) is 8.32. The zero-order valence-corrected chi connectivity index (χ0v) is 15.9. The van der Waals surface area contributed by atoms with Gasteiger partial charge in [0.1, 0.15) is 5.76 Å². The molecule has 1 aromatic heterocycles. The van der Waals surface area contributed by atoms with E-state index in [2.05, 4.69) is 15.5 Å². The molecule has 2 fully saturated rings. The fraction of sp³-hybridized carbons (Fsp3) is 0.750. The van der Waals surface area contributed by atoms with Crippen LogP contribution in [0.3, 0.4) is 0 Å². The van der Waals surface area contributed by atoms with Crippen molar-refractivity contribution in [3.63, 3.8) is 0 Å². The second-order valence-electron chi connectivity index (χ2n) is 7.26. The number of hydrogen-bond acceptors (Lipinski definition) is 4. The van der Waals surface area contributed by atoms with E-state index in [0.717, 1.165) is 57.3 Å². The molecule has 0 radical (unpaired) electrons. The monoisotopic (exact) mass is 362 g/mol. The average Bonchev–Trinajstić information content (AvgIpc) is 3.21. The van der Waals surface area contributed by atoms with Gasteiger partial charge in [-0.25, -0.2) is 0 Å². The van der Waals surface area contributed by atoms with Crippen LogP contribution in [0, 0.1) is 0 Å². The number of aliphatic imine (C=N–C) groups is 1. The number of guanidine groups is 1. The molecule has 0 saturated carbocycles. The maximum Gasteiger partial charge on any atom is 0.191 e. The summed E-state index contributed by atoms with van der Waals surface area (Å²) in [6.07, 6.45) is 10.5. The van der Waals surface area contributed by atoms with Gasteiger partial charge >= 0.3 is 0 Å². The minimum absolute atomic E-state index is 0.273. The molecule has 2 aliphatic rings. The molecule has 146 valence electrons. The summed E-state index contributed by atoms with van der Waals surface area (Å²) in [6.45, 7) is 6.90. The van der Waals surface area contributed by atoms with Crippen LogP contribution in [0.15, 0.2) is 27.8 Å². The van der Waals surface area contributed by atoms with E-state index in [9.17, 15) is 0 Å². The van der Waals surface area contributed by atoms with Gasteiger partial charge in [-0.05, 0) is 57.3 Å². The topological polar surface area (TPSA) is 62.0 Å². The molecular weight excluding hydrogens is 328 g/mol. The summed E-state index contributed by atoms with van der Waals surface area (Å²) in [7, 11) is 0. The lowest BCUT2D eigenvalue weighted by Gasteiger charge is -2.26. The zero-order chi connectivity index (χ0) is 17.9. The van der Waals surface area contributed by atoms with Crippen LogP contribution in [0.1, 0.15) is 44.3 Å². The van der Waals surface area contributed by atoms with Crippen LogP contribution in [-0.2, 0) is 11.2 Å². The molecular formula is C20H34N4O2. The number of rotatable bonds is 8. The first-order valence-electron chi connectivity index (χ1n) is 10.3. The molecule has 0 aliphatic carbocycles. The highest BCUT2D eigenvalue weighted by Gasteiger charge is 2.14. The average molecular weight is 363 g/mol. The van der Waals surface area contributed by atoms with E-state index in [1.807, 2.05) is 12.1 Å². The van der Waals surface area contributed by atoms with Crippen LogP contribution in [-0.4, -0.2) is 62.8 Å². The van der Waals surface area contributed by atoms with Gasteiger partial charge in [0.05, 0.1) is 18.9 Å². The Bertz CT molecular complexity index is 506. The Morgan fingerprint density at radius 3 is 2.77 bits per heavy atom. The normalized spacial score (nSPS) is 22.3. The Morgan fingerprint density at radius 1 is 1.12 bits per heavy atom. The van der Waals surface area contributed by atoms with Crippen molar-refractivity contribution < 1.29 is 9.15 Å². The van der Waals surface area contributed by atoms with Gasteiger partial charge < -0.3 is 24.7 Å². The lowest BCUT2D eigenvalue weighted by atomic mass is 10.1. The third kappa shape index (κ3) is 7.00. The Hall–Kier alpha value is -1.53. The highest BCUT2D eigenvalue weighted by Crippen LogP contribution is 2.12. The van der Waals surface area contributed by atoms with Gasteiger partial charge in [-0.1, -0.05) is 6.42 Å². The van der Waals surface area contributed by atoms with Crippen molar-refractivity contribution in [3.05, 3.63) is 24.2 Å². The first kappa shape index (κ1) is 19.2. The van der Waals surface area contributed by atoms with E-state index >= 15 is 0 Å². The molecule has 1 aromatic rings. The SMILES string of the molecule is c1coc(CCNC(=NCC2CCCCO2)NCCN2CCCCC2)c1. The number of furan rings is 1. The molecule has 1 unspecified atom stereocenters. The maximum atomic E-state index is 5.81. The van der Waals surface area contributed by atoms with E-state index in [0.29, 0.717) is 0 Å². The minimum Gasteiger partial charge on any atom is -0.469 e. The van der Waals surface area contributed by atoms with Gasteiger partial charge in [-0.15, -0.1) is 0 Å². The van der Waals surface area contributed by atoms with Gasteiger partial charge in [0.2, 0.25) is 0 Å². The van der Waals surface area contributed by atoms with Crippen LogP contribution in [0.25, 0.3) is 0 Å². The van der Waals surface area contributed by atoms with Gasteiger partial charge in [-0.2, -0.15) is 0 Å². The van der Waals surface area contributed by atoms with Gasteiger partial charge in [-0.3, -0.25) is 4.99 Å². The Morgan fingerprint density at radius 2 is 2.00 bits per heavy atom. The predicted molar refractivity (Wildman–Crippen MR) is 105 cm³/mol. The lowest BCUT2D eigenvalue weighted by Crippen LogP contribution is -2.43. The summed E-state index contributed by atoms with van der Waals surface area (Å²) in [4.78, 5) is 7.31. The molecule has 0 amide bonds. The van der Waals surface area contributed by atoms with Crippen LogP contribution >= 0.6 is 0 Å². The summed E-state index contributed by atoms with van der Waals surface area (Å²) in [5.41, 5.74) is 0. The van der Waals surface area contributed by atoms with Gasteiger partial charge in [0.15, 0.2) is 5.96 Å². The molecule has 2 saturated heterocycles. The highest BCUT2D eigenvalue weighted by atomic mass is 16.5. The largest absolute Gasteiger partial charge is 0.469 e. The summed E-state index contributed by atoms with van der Waals surface area (Å²) in [6, 6.07) is 3.94. The molecule has 1 atom stereocenters. The highest BCUT2D eigenvalue weighted by molar-refractivity contribution is 5.79. The number of piperidine rings is 1. The van der Waals surface area contributed by atoms with E-state index in [1.54, 1.807) is 6.26 Å². The molecule has 6 nitrogen and oxygen atoms in total. The van der Waals surface area contributed by atoms with Crippen molar-refractivity contribution in [3.8, 4) is 0 Å². The van der Waals surface area contributed by atoms with Gasteiger partial charge in [0, 0.05) is 32.7 Å². The molecule has 26 heavy (non-hydrogen) atoms. The Balaban J connectivity index is 1.42.